The third kappa shape index (κ3) is 11.2. The summed E-state index contributed by atoms with van der Waals surface area (Å²) in [4.78, 5) is 37.9. The van der Waals surface area contributed by atoms with Gasteiger partial charge in [0.2, 0.25) is 15.7 Å². The molecule has 0 bridgehead atoms. The van der Waals surface area contributed by atoms with E-state index >= 15 is 0 Å². The quantitative estimate of drug-likeness (QED) is 0.0373. The standard InChI is InChI=1S/C36H47N3O7S3/c1-7-8-9-10-11-12-13-19-26(33(41)42)32(40)38-27-20-14-16-23(2)30(27)24-17-15-18-25(21-24)49(44,45)29-22-28(48-34(29)47-6)31(37)39-35(43)46-36(3,4)5/h14-18,20-22,26H,7-13,19H2,1-6H3,(H,38,40)(H,41,42)(H2,37,39,43). The maximum atomic E-state index is 14.0. The van der Waals surface area contributed by atoms with Crippen molar-refractivity contribution in [3.63, 3.8) is 0 Å². The Labute approximate surface area is 297 Å². The zero-order chi connectivity index (χ0) is 36.4. The Morgan fingerprint density at radius 2 is 1.65 bits per heavy atom. The van der Waals surface area contributed by atoms with Crippen molar-refractivity contribution in [1.82, 2.24) is 5.32 Å². The number of carboxylic acid groups (broad SMARTS) is 1. The van der Waals surface area contributed by atoms with Crippen molar-refractivity contribution in [2.45, 2.75) is 106 Å². The van der Waals surface area contributed by atoms with Crippen LogP contribution in [-0.2, 0) is 24.2 Å². The summed E-state index contributed by atoms with van der Waals surface area (Å²) in [5.74, 6) is -3.29. The molecule has 13 heteroatoms. The van der Waals surface area contributed by atoms with Crippen molar-refractivity contribution < 1.29 is 32.6 Å². The number of alkyl carbamates (subject to hydrolysis) is 1. The molecule has 2 amide bonds. The molecule has 1 heterocycles. The summed E-state index contributed by atoms with van der Waals surface area (Å²) in [6.07, 6.45) is 8.24. The van der Waals surface area contributed by atoms with Crippen molar-refractivity contribution in [3.05, 3.63) is 59.0 Å². The van der Waals surface area contributed by atoms with E-state index in [1.807, 2.05) is 13.0 Å². The van der Waals surface area contributed by atoms with Crippen molar-refractivity contribution in [2.75, 3.05) is 11.6 Å². The number of rotatable bonds is 16. The molecule has 3 rings (SSSR count). The summed E-state index contributed by atoms with van der Waals surface area (Å²) in [7, 11) is -4.09. The molecule has 0 radical (unpaired) electrons. The first-order valence-corrected chi connectivity index (χ1v) is 19.9. The third-order valence-corrected chi connectivity index (χ3v) is 12.0. The predicted molar refractivity (Wildman–Crippen MR) is 197 cm³/mol. The van der Waals surface area contributed by atoms with Gasteiger partial charge in [0.05, 0.1) is 18.9 Å². The highest BCUT2D eigenvalue weighted by molar-refractivity contribution is 8.01. The molecule has 1 atom stereocenters. The van der Waals surface area contributed by atoms with Crippen LogP contribution in [0.2, 0.25) is 0 Å². The van der Waals surface area contributed by atoms with Crippen LogP contribution in [0.4, 0.5) is 10.5 Å². The number of thioether (sulfide) groups is 1. The summed E-state index contributed by atoms with van der Waals surface area (Å²) >= 11 is 2.29. The maximum absolute atomic E-state index is 14.0. The lowest BCUT2D eigenvalue weighted by atomic mass is 9.96. The van der Waals surface area contributed by atoms with Crippen molar-refractivity contribution >= 4 is 62.4 Å². The van der Waals surface area contributed by atoms with E-state index in [0.717, 1.165) is 49.0 Å². The molecular formula is C36H47N3O7S3. The van der Waals surface area contributed by atoms with Gasteiger partial charge < -0.3 is 15.2 Å². The van der Waals surface area contributed by atoms with E-state index in [1.54, 1.807) is 51.3 Å². The fourth-order valence-electron chi connectivity index (χ4n) is 5.27. The molecule has 0 aliphatic carbocycles. The van der Waals surface area contributed by atoms with Gasteiger partial charge in [-0.15, -0.1) is 23.1 Å². The monoisotopic (exact) mass is 729 g/mol. The highest BCUT2D eigenvalue weighted by Gasteiger charge is 2.29. The number of unbranched alkanes of at least 4 members (excludes halogenated alkanes) is 6. The smallest absolute Gasteiger partial charge is 0.413 e. The number of thiophene rings is 1. The molecule has 1 unspecified atom stereocenters. The van der Waals surface area contributed by atoms with Crippen LogP contribution >= 0.6 is 23.1 Å². The number of carbonyl (C=O) groups is 3. The largest absolute Gasteiger partial charge is 0.481 e. The van der Waals surface area contributed by atoms with E-state index in [4.69, 9.17) is 10.1 Å². The average molecular weight is 730 g/mol. The van der Waals surface area contributed by atoms with Crippen LogP contribution < -0.4 is 10.6 Å². The SMILES string of the molecule is CCCCCCCCCC(C(=O)O)C(=O)Nc1cccc(C)c1-c1cccc(S(=O)(=O)c2cc(C(=N)NC(=O)OC(C)(C)C)sc2SC)c1. The van der Waals surface area contributed by atoms with Gasteiger partial charge >= 0.3 is 12.1 Å². The molecular weight excluding hydrogens is 683 g/mol. The lowest BCUT2D eigenvalue weighted by Crippen LogP contribution is -2.36. The number of amidine groups is 1. The number of ether oxygens (including phenoxy) is 1. The van der Waals surface area contributed by atoms with Crippen LogP contribution in [0.25, 0.3) is 11.1 Å². The average Bonchev–Trinajstić information content (AvgIpc) is 3.47. The number of hydrogen-bond acceptors (Lipinski definition) is 9. The van der Waals surface area contributed by atoms with Crippen LogP contribution in [0.1, 0.15) is 89.5 Å². The normalized spacial score (nSPS) is 12.3. The Morgan fingerprint density at radius 3 is 2.29 bits per heavy atom. The number of aliphatic carboxylic acids is 1. The zero-order valence-corrected chi connectivity index (χ0v) is 31.4. The number of sulfone groups is 1. The van der Waals surface area contributed by atoms with Crippen molar-refractivity contribution in [3.8, 4) is 11.1 Å². The second-order valence-corrected chi connectivity index (χ2v) is 16.8. The molecule has 4 N–H and O–H groups in total. The fraction of sp³-hybridized carbons (Fsp3) is 0.444. The minimum atomic E-state index is -4.09. The van der Waals surface area contributed by atoms with Gasteiger partial charge in [-0.25, -0.2) is 13.2 Å². The minimum absolute atomic E-state index is 0.000777. The Bertz CT molecular complexity index is 1760. The molecule has 0 saturated heterocycles. The van der Waals surface area contributed by atoms with E-state index in [2.05, 4.69) is 17.6 Å². The molecule has 2 aromatic carbocycles. The lowest BCUT2D eigenvalue weighted by molar-refractivity contribution is -0.145. The predicted octanol–water partition coefficient (Wildman–Crippen LogP) is 8.91. The summed E-state index contributed by atoms with van der Waals surface area (Å²) < 4.78 is 33.7. The summed E-state index contributed by atoms with van der Waals surface area (Å²) in [6.45, 7) is 9.08. The van der Waals surface area contributed by atoms with E-state index < -0.39 is 39.3 Å². The van der Waals surface area contributed by atoms with E-state index in [0.29, 0.717) is 27.4 Å². The highest BCUT2D eigenvalue weighted by atomic mass is 32.2. The molecule has 49 heavy (non-hydrogen) atoms. The zero-order valence-electron chi connectivity index (χ0n) is 29.0. The molecule has 10 nitrogen and oxygen atoms in total. The Kier molecular flexibility index (Phi) is 14.5. The number of anilines is 1. The molecule has 0 aliphatic heterocycles. The van der Waals surface area contributed by atoms with Gasteiger partial charge in [0, 0.05) is 11.3 Å². The molecule has 0 spiro atoms. The van der Waals surface area contributed by atoms with Crippen LogP contribution in [0.15, 0.2) is 62.5 Å². The number of aryl methyl sites for hydroxylation is 1. The number of amides is 2. The topological polar surface area (TPSA) is 163 Å². The van der Waals surface area contributed by atoms with Gasteiger partial charge in [0.25, 0.3) is 0 Å². The van der Waals surface area contributed by atoms with Crippen molar-refractivity contribution in [1.29, 1.82) is 5.41 Å². The number of carboxylic acids is 1. The van der Waals surface area contributed by atoms with Crippen molar-refractivity contribution in [2.24, 2.45) is 5.92 Å². The Balaban J connectivity index is 1.87. The number of nitrogens with one attached hydrogen (secondary N) is 3. The summed E-state index contributed by atoms with van der Waals surface area (Å²) in [6, 6.07) is 13.0. The second kappa shape index (κ2) is 17.8. The molecule has 0 fully saturated rings. The molecule has 3 aromatic rings. The first-order chi connectivity index (χ1) is 23.1. The van der Waals surface area contributed by atoms with Gasteiger partial charge in [-0.2, -0.15) is 0 Å². The summed E-state index contributed by atoms with van der Waals surface area (Å²) in [5, 5.41) is 23.4. The number of hydrogen-bond donors (Lipinski definition) is 4. The van der Waals surface area contributed by atoms with E-state index in [-0.39, 0.29) is 26.9 Å². The second-order valence-electron chi connectivity index (χ2n) is 12.8. The van der Waals surface area contributed by atoms with Crippen LogP contribution in [0.3, 0.4) is 0 Å². The molecule has 266 valence electrons. The molecule has 1 aromatic heterocycles. The van der Waals surface area contributed by atoms with Gasteiger partial charge in [-0.1, -0.05) is 76.1 Å². The molecule has 0 aliphatic rings. The van der Waals surface area contributed by atoms with E-state index in [9.17, 15) is 27.9 Å². The van der Waals surface area contributed by atoms with Crippen LogP contribution in [-0.4, -0.2) is 49.2 Å². The molecule has 0 saturated carbocycles. The van der Waals surface area contributed by atoms with Crippen LogP contribution in [0.5, 0.6) is 0 Å². The first kappa shape index (κ1) is 39.8. The summed E-state index contributed by atoms with van der Waals surface area (Å²) in [5.41, 5.74) is 1.47. The third-order valence-electron chi connectivity index (χ3n) is 7.69. The minimum Gasteiger partial charge on any atom is -0.481 e. The van der Waals surface area contributed by atoms with Crippen LogP contribution in [0, 0.1) is 18.3 Å². The van der Waals surface area contributed by atoms with E-state index in [1.165, 1.54) is 36.4 Å². The maximum Gasteiger partial charge on any atom is 0.413 e. The Hall–Kier alpha value is -3.68. The first-order valence-electron chi connectivity index (χ1n) is 16.3. The number of benzene rings is 2. The fourth-order valence-corrected chi connectivity index (χ4v) is 9.22. The Morgan fingerprint density at radius 1 is 1.00 bits per heavy atom. The van der Waals surface area contributed by atoms with Gasteiger partial charge in [0.15, 0.2) is 0 Å². The lowest BCUT2D eigenvalue weighted by Gasteiger charge is -2.19. The van der Waals surface area contributed by atoms with Gasteiger partial charge in [-0.3, -0.25) is 20.3 Å². The highest BCUT2D eigenvalue weighted by Crippen LogP contribution is 2.39. The van der Waals surface area contributed by atoms with Gasteiger partial charge in [-0.05, 0) is 75.8 Å². The number of carbonyl (C=O) groups excluding carboxylic acids is 2. The van der Waals surface area contributed by atoms with Gasteiger partial charge in [0.1, 0.15) is 17.4 Å².